The molecule has 3 amide bonds. The number of hydrogen-bond acceptors (Lipinski definition) is 20. The molecule has 0 bridgehead atoms. The van der Waals surface area contributed by atoms with E-state index in [9.17, 15) is 36.7 Å². The van der Waals surface area contributed by atoms with E-state index in [1.165, 1.54) is 23.5 Å². The number of hydroxylamine groups is 2. The highest BCUT2D eigenvalue weighted by atomic mass is 19.2. The number of amides is 3. The van der Waals surface area contributed by atoms with Crippen molar-refractivity contribution in [1.29, 1.82) is 0 Å². The van der Waals surface area contributed by atoms with Gasteiger partial charge in [-0.2, -0.15) is 8.78 Å². The van der Waals surface area contributed by atoms with Crippen molar-refractivity contribution in [3.63, 3.8) is 0 Å². The summed E-state index contributed by atoms with van der Waals surface area (Å²) in [4.78, 5) is 68.9. The number of nitrogens with one attached hydrogen (secondary N) is 2. The molecule has 79 heavy (non-hydrogen) atoms. The molecule has 27 heteroatoms. The maximum Gasteiger partial charge on any atom is 0.313 e. The number of esters is 1. The molecule has 0 atom stereocenters. The molecule has 1 aliphatic rings. The Balaban J connectivity index is 0.869. The molecule has 0 fully saturated rings. The van der Waals surface area contributed by atoms with Gasteiger partial charge in [0.2, 0.25) is 23.3 Å². The molecule has 1 aliphatic heterocycles. The molecule has 1 aromatic carbocycles. The van der Waals surface area contributed by atoms with Gasteiger partial charge in [0.1, 0.15) is 11.5 Å². The van der Waals surface area contributed by atoms with Crippen molar-refractivity contribution in [2.75, 3.05) is 151 Å². The zero-order valence-corrected chi connectivity index (χ0v) is 44.5. The maximum absolute atomic E-state index is 13.6. The van der Waals surface area contributed by atoms with Crippen LogP contribution >= 0.6 is 0 Å². The van der Waals surface area contributed by atoms with Crippen LogP contribution in [0.3, 0.4) is 0 Å². The van der Waals surface area contributed by atoms with E-state index in [0.717, 1.165) is 0 Å². The summed E-state index contributed by atoms with van der Waals surface area (Å²) in [6.07, 6.45) is 6.72. The van der Waals surface area contributed by atoms with Crippen molar-refractivity contribution in [3.05, 3.63) is 82.5 Å². The first kappa shape index (κ1) is 65.4. The summed E-state index contributed by atoms with van der Waals surface area (Å²) in [5.41, 5.74) is 8.61. The van der Waals surface area contributed by atoms with Gasteiger partial charge < -0.3 is 68.5 Å². The van der Waals surface area contributed by atoms with Gasteiger partial charge in [0.05, 0.1) is 163 Å². The van der Waals surface area contributed by atoms with E-state index < -0.39 is 47.3 Å². The van der Waals surface area contributed by atoms with Crippen molar-refractivity contribution in [2.24, 2.45) is 10.7 Å². The lowest BCUT2D eigenvalue weighted by Gasteiger charge is -2.21. The van der Waals surface area contributed by atoms with Gasteiger partial charge >= 0.3 is 5.97 Å². The van der Waals surface area contributed by atoms with Crippen molar-refractivity contribution in [1.82, 2.24) is 20.3 Å². The maximum atomic E-state index is 13.6. The summed E-state index contributed by atoms with van der Waals surface area (Å²) in [5, 5.41) is 6.90. The van der Waals surface area contributed by atoms with Gasteiger partial charge in [-0.15, -0.1) is 0 Å². The number of halogens is 4. The quantitative estimate of drug-likeness (QED) is 0.0177. The van der Waals surface area contributed by atoms with Crippen LogP contribution in [0, 0.1) is 23.3 Å². The molecule has 4 N–H and O–H groups in total. The molecule has 0 radical (unpaired) electrons. The second-order valence-electron chi connectivity index (χ2n) is 16.6. The lowest BCUT2D eigenvalue weighted by Crippen LogP contribution is -2.34. The molecule has 23 nitrogen and oxygen atoms in total. The largest absolute Gasteiger partial charge is 0.420 e. The average molecular weight is 1130 g/mol. The zero-order chi connectivity index (χ0) is 56.9. The van der Waals surface area contributed by atoms with Crippen LogP contribution in [0.4, 0.5) is 28.9 Å². The van der Waals surface area contributed by atoms with E-state index in [1.807, 2.05) is 6.92 Å². The van der Waals surface area contributed by atoms with E-state index in [-0.39, 0.29) is 81.8 Å². The topological polar surface area (TPSA) is 270 Å². The number of aromatic nitrogens is 2. The molecule has 0 saturated carbocycles. The second kappa shape index (κ2) is 39.3. The van der Waals surface area contributed by atoms with Crippen LogP contribution < -0.4 is 21.1 Å². The van der Waals surface area contributed by atoms with Gasteiger partial charge in [0.25, 0.3) is 11.8 Å². The summed E-state index contributed by atoms with van der Waals surface area (Å²) in [5.74, 6) is -10.4. The van der Waals surface area contributed by atoms with E-state index in [2.05, 4.69) is 30.3 Å². The van der Waals surface area contributed by atoms with Crippen molar-refractivity contribution < 1.29 is 93.7 Å². The van der Waals surface area contributed by atoms with Gasteiger partial charge in [-0.25, -0.2) is 18.8 Å². The first-order chi connectivity index (χ1) is 38.4. The Hall–Kier alpha value is -6.11. The Morgan fingerprint density at radius 2 is 1.13 bits per heavy atom. The number of ether oxygens (including phenoxy) is 11. The number of rotatable bonds is 43. The number of carbonyl (C=O) groups excluding carboxylic acids is 4. The predicted molar refractivity (Wildman–Crippen MR) is 275 cm³/mol. The summed E-state index contributed by atoms with van der Waals surface area (Å²) in [6.45, 7) is 10.9. The van der Waals surface area contributed by atoms with Crippen LogP contribution in [0.25, 0.3) is 6.08 Å². The third-order valence-electron chi connectivity index (χ3n) is 10.4. The smallest absolute Gasteiger partial charge is 0.313 e. The number of fused-ring (bicyclic) bond motifs is 1. The third-order valence-corrected chi connectivity index (χ3v) is 10.4. The number of aliphatic imine (C=N–C) groups is 1. The fraction of sp³-hybridized carbons (Fsp3) is 0.558. The van der Waals surface area contributed by atoms with Crippen LogP contribution in [-0.4, -0.2) is 190 Å². The molecular formula is C52H71F4N7O16. The number of benzene rings is 1. The minimum absolute atomic E-state index is 0.0115. The number of anilines is 1. The van der Waals surface area contributed by atoms with Crippen LogP contribution in [-0.2, 0) is 73.1 Å². The summed E-state index contributed by atoms with van der Waals surface area (Å²) < 4.78 is 112. The van der Waals surface area contributed by atoms with E-state index >= 15 is 0 Å². The monoisotopic (exact) mass is 1130 g/mol. The third kappa shape index (κ3) is 26.6. The highest BCUT2D eigenvalue weighted by Crippen LogP contribution is 2.29. The predicted octanol–water partition coefficient (Wildman–Crippen LogP) is 4.42. The number of carbonyl (C=O) groups is 4. The van der Waals surface area contributed by atoms with Gasteiger partial charge in [0.15, 0.2) is 11.6 Å². The van der Waals surface area contributed by atoms with Gasteiger partial charge in [-0.05, 0) is 37.1 Å². The SMILES string of the molecule is CCCN(OCC)C(=O)C1=Cc2cnc(C(=O)Nc3cncc(CNC(=O)CCOCCOCCOCCOCCOCCOCCOCCOCCOCCOCCC(=O)Oc4c(F)c(F)cc(F)c4F)c3)cc2N=C(N)C1. The molecule has 4 rings (SSSR count). The summed E-state index contributed by atoms with van der Waals surface area (Å²) in [7, 11) is 0. The standard InChI is InChI=1S/C52H71F4N7O16/c1-3-7-63(78-4-2)52(67)38-29-39-35-59-44(32-43(39)62-45(57)30-38)51(66)61-40-28-37(33-58-36-40)34-60-46(64)5-8-68-10-12-70-14-16-72-18-20-74-22-24-76-26-27-77-25-23-75-21-19-73-17-15-71-13-11-69-9-6-47(65)79-50-48(55)41(53)31-42(54)49(50)56/h28-29,31-33,35-36H,3-27,30,34H2,1-2H3,(H2,57,62)(H,60,64)(H,61,66). The van der Waals surface area contributed by atoms with E-state index in [1.54, 1.807) is 25.3 Å². The molecule has 2 aromatic heterocycles. The van der Waals surface area contributed by atoms with Crippen LogP contribution in [0.5, 0.6) is 5.75 Å². The molecule has 0 unspecified atom stereocenters. The number of nitrogens with zero attached hydrogens (tertiary/aromatic N) is 4. The number of pyridine rings is 2. The van der Waals surface area contributed by atoms with E-state index in [4.69, 9.17) is 57.9 Å². The second-order valence-corrected chi connectivity index (χ2v) is 16.6. The Bertz CT molecular complexity index is 2360. The molecule has 3 aromatic rings. The first-order valence-corrected chi connectivity index (χ1v) is 25.7. The molecule has 0 saturated heterocycles. The van der Waals surface area contributed by atoms with Crippen molar-refractivity contribution >= 4 is 47.0 Å². The number of nitrogens with two attached hydrogens (primary N) is 1. The minimum Gasteiger partial charge on any atom is -0.420 e. The van der Waals surface area contributed by atoms with Gasteiger partial charge in [-0.3, -0.25) is 34.0 Å². The highest BCUT2D eigenvalue weighted by molar-refractivity contribution is 6.06. The highest BCUT2D eigenvalue weighted by Gasteiger charge is 2.24. The average Bonchev–Trinajstić information content (AvgIpc) is 3.63. The zero-order valence-electron chi connectivity index (χ0n) is 44.5. The Morgan fingerprint density at radius 1 is 0.633 bits per heavy atom. The van der Waals surface area contributed by atoms with E-state index in [0.29, 0.717) is 147 Å². The lowest BCUT2D eigenvalue weighted by molar-refractivity contribution is -0.180. The molecule has 0 spiro atoms. The van der Waals surface area contributed by atoms with Crippen molar-refractivity contribution in [3.8, 4) is 5.75 Å². The van der Waals surface area contributed by atoms with Crippen molar-refractivity contribution in [2.45, 2.75) is 46.1 Å². The van der Waals surface area contributed by atoms with Crippen LogP contribution in [0.15, 0.2) is 47.4 Å². The summed E-state index contributed by atoms with van der Waals surface area (Å²) >= 11 is 0. The normalized spacial score (nSPS) is 12.1. The molecule has 438 valence electrons. The fourth-order valence-electron chi connectivity index (χ4n) is 6.64. The Kier molecular flexibility index (Phi) is 32.5. The molecule has 3 heterocycles. The van der Waals surface area contributed by atoms with Crippen LogP contribution in [0.2, 0.25) is 0 Å². The fourth-order valence-corrected chi connectivity index (χ4v) is 6.64. The number of hydrogen-bond donors (Lipinski definition) is 3. The lowest BCUT2D eigenvalue weighted by atomic mass is 10.1. The first-order valence-electron chi connectivity index (χ1n) is 25.7. The minimum atomic E-state index is -1.80. The van der Waals surface area contributed by atoms with Crippen LogP contribution in [0.1, 0.15) is 61.1 Å². The molecule has 0 aliphatic carbocycles. The Labute approximate surface area is 455 Å². The Morgan fingerprint density at radius 3 is 1.62 bits per heavy atom. The summed E-state index contributed by atoms with van der Waals surface area (Å²) in [6, 6.07) is 3.20. The van der Waals surface area contributed by atoms with Gasteiger partial charge in [-0.1, -0.05) is 6.92 Å². The molecular weight excluding hydrogens is 1050 g/mol. The number of amidine groups is 1. The van der Waals surface area contributed by atoms with Gasteiger partial charge in [0, 0.05) is 55.5 Å².